The number of rotatable bonds is 4. The topological polar surface area (TPSA) is 76.7 Å². The highest BCUT2D eigenvalue weighted by atomic mass is 16.5. The van der Waals surface area contributed by atoms with Crippen LogP contribution in [0.4, 0.5) is 0 Å². The van der Waals surface area contributed by atoms with Crippen LogP contribution in [0.2, 0.25) is 0 Å². The molecule has 0 bridgehead atoms. The van der Waals surface area contributed by atoms with E-state index >= 15 is 0 Å². The van der Waals surface area contributed by atoms with Crippen molar-refractivity contribution >= 4 is 11.9 Å². The van der Waals surface area contributed by atoms with Gasteiger partial charge < -0.3 is 20.1 Å². The lowest BCUT2D eigenvalue weighted by Crippen LogP contribution is -2.53. The molecule has 1 fully saturated rings. The molecule has 2 N–H and O–H groups in total. The molecule has 0 aromatic rings. The van der Waals surface area contributed by atoms with Gasteiger partial charge in [0.05, 0.1) is 25.7 Å². The molecular weight excluding hydrogens is 224 g/mol. The second kappa shape index (κ2) is 5.97. The van der Waals surface area contributed by atoms with Gasteiger partial charge in [-0.15, -0.1) is 0 Å². The first kappa shape index (κ1) is 13.9. The summed E-state index contributed by atoms with van der Waals surface area (Å²) in [7, 11) is 1.34. The predicted molar refractivity (Wildman–Crippen MR) is 61.4 cm³/mol. The Morgan fingerprint density at radius 3 is 2.76 bits per heavy atom. The number of hydrogen-bond acceptors (Lipinski definition) is 5. The normalized spacial score (nSPS) is 20.8. The van der Waals surface area contributed by atoms with Gasteiger partial charge in [-0.2, -0.15) is 0 Å². The van der Waals surface area contributed by atoms with E-state index in [0.29, 0.717) is 19.8 Å². The molecule has 1 aliphatic rings. The highest BCUT2D eigenvalue weighted by molar-refractivity contribution is 5.83. The van der Waals surface area contributed by atoms with Crippen molar-refractivity contribution in [3.8, 4) is 0 Å². The van der Waals surface area contributed by atoms with Crippen molar-refractivity contribution in [1.82, 2.24) is 10.6 Å². The summed E-state index contributed by atoms with van der Waals surface area (Å²) in [6.45, 7) is 5.35. The molecule has 0 aromatic carbocycles. The molecule has 17 heavy (non-hydrogen) atoms. The first-order valence-corrected chi connectivity index (χ1v) is 5.64. The zero-order valence-electron chi connectivity index (χ0n) is 10.5. The van der Waals surface area contributed by atoms with Crippen LogP contribution in [0.25, 0.3) is 0 Å². The van der Waals surface area contributed by atoms with Crippen LogP contribution in [0.3, 0.4) is 0 Å². The fraction of sp³-hybridized carbons (Fsp3) is 0.818. The largest absolute Gasteiger partial charge is 0.469 e. The van der Waals surface area contributed by atoms with Gasteiger partial charge in [0.15, 0.2) is 0 Å². The third-order valence-electron chi connectivity index (χ3n) is 2.68. The van der Waals surface area contributed by atoms with Crippen LogP contribution in [-0.4, -0.2) is 51.3 Å². The molecule has 0 spiro atoms. The van der Waals surface area contributed by atoms with Crippen molar-refractivity contribution in [2.24, 2.45) is 5.41 Å². The van der Waals surface area contributed by atoms with Gasteiger partial charge in [-0.1, -0.05) is 0 Å². The third kappa shape index (κ3) is 3.98. The highest BCUT2D eigenvalue weighted by Gasteiger charge is 2.30. The maximum atomic E-state index is 11.7. The Balaban J connectivity index is 2.39. The van der Waals surface area contributed by atoms with Gasteiger partial charge in [-0.3, -0.25) is 9.59 Å². The second-order valence-electron chi connectivity index (χ2n) is 4.67. The van der Waals surface area contributed by atoms with Crippen molar-refractivity contribution in [3.63, 3.8) is 0 Å². The van der Waals surface area contributed by atoms with Crippen LogP contribution >= 0.6 is 0 Å². The molecule has 0 aliphatic carbocycles. The summed E-state index contributed by atoms with van der Waals surface area (Å²) in [6, 6.07) is -0.336. The van der Waals surface area contributed by atoms with Gasteiger partial charge in [-0.05, 0) is 13.8 Å². The van der Waals surface area contributed by atoms with Gasteiger partial charge in [0.1, 0.15) is 6.04 Å². The number of esters is 1. The van der Waals surface area contributed by atoms with E-state index in [1.165, 1.54) is 7.11 Å². The molecular formula is C11H20N2O4. The summed E-state index contributed by atoms with van der Waals surface area (Å²) in [5.74, 6) is -0.493. The monoisotopic (exact) mass is 244 g/mol. The van der Waals surface area contributed by atoms with Crippen molar-refractivity contribution in [2.45, 2.75) is 19.9 Å². The van der Waals surface area contributed by atoms with E-state index in [-0.39, 0.29) is 24.5 Å². The maximum absolute atomic E-state index is 11.7. The Morgan fingerprint density at radius 2 is 2.24 bits per heavy atom. The van der Waals surface area contributed by atoms with Crippen LogP contribution in [0.15, 0.2) is 0 Å². The molecule has 98 valence electrons. The SMILES string of the molecule is COC(=O)C(C)(C)CNC(=O)C1COCCN1. The minimum Gasteiger partial charge on any atom is -0.469 e. The molecule has 1 unspecified atom stereocenters. The van der Waals surface area contributed by atoms with E-state index in [0.717, 1.165) is 0 Å². The Bertz CT molecular complexity index is 285. The van der Waals surface area contributed by atoms with Crippen molar-refractivity contribution in [1.29, 1.82) is 0 Å². The quantitative estimate of drug-likeness (QED) is 0.639. The third-order valence-corrected chi connectivity index (χ3v) is 2.68. The van der Waals surface area contributed by atoms with E-state index in [9.17, 15) is 9.59 Å². The van der Waals surface area contributed by atoms with Gasteiger partial charge in [0.2, 0.25) is 5.91 Å². The van der Waals surface area contributed by atoms with Crippen LogP contribution in [0, 0.1) is 5.41 Å². The summed E-state index contributed by atoms with van der Waals surface area (Å²) >= 11 is 0. The van der Waals surface area contributed by atoms with E-state index in [1.807, 2.05) is 0 Å². The van der Waals surface area contributed by atoms with Gasteiger partial charge in [0.25, 0.3) is 0 Å². The van der Waals surface area contributed by atoms with E-state index in [4.69, 9.17) is 4.74 Å². The zero-order valence-corrected chi connectivity index (χ0v) is 10.5. The first-order chi connectivity index (χ1) is 7.97. The summed E-state index contributed by atoms with van der Waals surface area (Å²) in [4.78, 5) is 23.2. The number of hydrogen-bond donors (Lipinski definition) is 2. The number of ether oxygens (including phenoxy) is 2. The molecule has 1 rings (SSSR count). The summed E-state index contributed by atoms with van der Waals surface area (Å²) in [6.07, 6.45) is 0. The maximum Gasteiger partial charge on any atom is 0.313 e. The Kier molecular flexibility index (Phi) is 4.89. The van der Waals surface area contributed by atoms with E-state index in [1.54, 1.807) is 13.8 Å². The molecule has 1 atom stereocenters. The molecule has 0 saturated carbocycles. The fourth-order valence-corrected chi connectivity index (χ4v) is 1.51. The van der Waals surface area contributed by atoms with Crippen LogP contribution < -0.4 is 10.6 Å². The lowest BCUT2D eigenvalue weighted by Gasteiger charge is -2.26. The molecule has 6 heteroatoms. The number of nitrogens with one attached hydrogen (secondary N) is 2. The van der Waals surface area contributed by atoms with E-state index in [2.05, 4.69) is 15.4 Å². The second-order valence-corrected chi connectivity index (χ2v) is 4.67. The molecule has 6 nitrogen and oxygen atoms in total. The Hall–Kier alpha value is -1.14. The lowest BCUT2D eigenvalue weighted by atomic mass is 9.93. The summed E-state index contributed by atoms with van der Waals surface area (Å²) < 4.78 is 9.85. The number of methoxy groups -OCH3 is 1. The van der Waals surface area contributed by atoms with Crippen LogP contribution in [0.5, 0.6) is 0 Å². The first-order valence-electron chi connectivity index (χ1n) is 5.64. The molecule has 1 saturated heterocycles. The molecule has 1 amide bonds. The molecule has 0 radical (unpaired) electrons. The average Bonchev–Trinajstić information content (AvgIpc) is 2.36. The number of carbonyl (C=O) groups is 2. The molecule has 1 aliphatic heterocycles. The smallest absolute Gasteiger partial charge is 0.313 e. The minimum absolute atomic E-state index is 0.151. The van der Waals surface area contributed by atoms with Crippen LogP contribution in [0.1, 0.15) is 13.8 Å². The average molecular weight is 244 g/mol. The van der Waals surface area contributed by atoms with Crippen molar-refractivity contribution in [2.75, 3.05) is 33.4 Å². The fourth-order valence-electron chi connectivity index (χ4n) is 1.51. The number of amides is 1. The molecule has 1 heterocycles. The van der Waals surface area contributed by atoms with Crippen molar-refractivity contribution in [3.05, 3.63) is 0 Å². The van der Waals surface area contributed by atoms with Crippen LogP contribution in [-0.2, 0) is 19.1 Å². The number of carbonyl (C=O) groups excluding carboxylic acids is 2. The number of morpholine rings is 1. The van der Waals surface area contributed by atoms with Gasteiger partial charge in [0, 0.05) is 13.1 Å². The van der Waals surface area contributed by atoms with Gasteiger partial charge in [-0.25, -0.2) is 0 Å². The highest BCUT2D eigenvalue weighted by Crippen LogP contribution is 2.15. The minimum atomic E-state index is -0.722. The standard InChI is InChI=1S/C11H20N2O4/c1-11(2,10(15)16-3)7-13-9(14)8-6-17-5-4-12-8/h8,12H,4-7H2,1-3H3,(H,13,14). The molecule has 0 aromatic heterocycles. The lowest BCUT2D eigenvalue weighted by molar-refractivity contribution is -0.150. The predicted octanol–water partition coefficient (Wildman–Crippen LogP) is -0.710. The Labute approximate surface area is 101 Å². The summed E-state index contributed by atoms with van der Waals surface area (Å²) in [5.41, 5.74) is -0.722. The summed E-state index contributed by atoms with van der Waals surface area (Å²) in [5, 5.41) is 5.77. The van der Waals surface area contributed by atoms with Crippen molar-refractivity contribution < 1.29 is 19.1 Å². The van der Waals surface area contributed by atoms with Gasteiger partial charge >= 0.3 is 5.97 Å². The zero-order chi connectivity index (χ0) is 12.9. The van der Waals surface area contributed by atoms with E-state index < -0.39 is 5.41 Å². The Morgan fingerprint density at radius 1 is 1.53 bits per heavy atom.